The highest BCUT2D eigenvalue weighted by Gasteiger charge is 2.33. The standard InChI is InChI=1S/C20H24N2O3S/c1-4-11-5-7-13-16(9-11)26-20-17(13)19(23)21-18(22-20)12-6-8-14(24-2)15(10-12)25-3/h6,8,10-11,18,22H,4-5,7,9H2,1-3H3,(H,21,23)/t11-,18+/m0/s1. The molecule has 2 aromatic rings. The van der Waals surface area contributed by atoms with Crippen molar-refractivity contribution < 1.29 is 14.3 Å². The molecule has 2 N–H and O–H groups in total. The molecule has 0 saturated heterocycles. The van der Waals surface area contributed by atoms with Crippen molar-refractivity contribution in [3.05, 3.63) is 39.8 Å². The number of hydrogen-bond acceptors (Lipinski definition) is 5. The summed E-state index contributed by atoms with van der Waals surface area (Å²) in [6.07, 6.45) is 4.22. The molecule has 0 bridgehead atoms. The zero-order valence-electron chi connectivity index (χ0n) is 15.3. The molecule has 1 aliphatic carbocycles. The summed E-state index contributed by atoms with van der Waals surface area (Å²) in [5.41, 5.74) is 3.06. The van der Waals surface area contributed by atoms with Crippen LogP contribution in [-0.4, -0.2) is 20.1 Å². The quantitative estimate of drug-likeness (QED) is 0.847. The molecule has 6 heteroatoms. The van der Waals surface area contributed by atoms with E-state index in [2.05, 4.69) is 17.6 Å². The SMILES string of the molecule is CC[C@H]1CCc2c(sc3c2C(=O)N[C@@H](c2ccc(OC)c(OC)c2)N3)C1. The second-order valence-corrected chi connectivity index (χ2v) is 8.00. The molecule has 0 saturated carbocycles. The summed E-state index contributed by atoms with van der Waals surface area (Å²) in [4.78, 5) is 14.2. The molecule has 26 heavy (non-hydrogen) atoms. The van der Waals surface area contributed by atoms with Crippen molar-refractivity contribution in [3.8, 4) is 11.5 Å². The number of fused-ring (bicyclic) bond motifs is 3. The molecule has 2 aliphatic rings. The maximum Gasteiger partial charge on any atom is 0.256 e. The number of carbonyl (C=O) groups excluding carboxylic acids is 1. The fourth-order valence-electron chi connectivity index (χ4n) is 3.91. The summed E-state index contributed by atoms with van der Waals surface area (Å²) >= 11 is 1.75. The first kappa shape index (κ1) is 17.2. The predicted octanol–water partition coefficient (Wildman–Crippen LogP) is 4.13. The lowest BCUT2D eigenvalue weighted by atomic mass is 9.85. The molecule has 0 fully saturated rings. The number of hydrogen-bond donors (Lipinski definition) is 2. The predicted molar refractivity (Wildman–Crippen MR) is 104 cm³/mol. The normalized spacial score (nSPS) is 21.3. The third kappa shape index (κ3) is 2.82. The Kier molecular flexibility index (Phi) is 4.53. The van der Waals surface area contributed by atoms with Gasteiger partial charge in [-0.2, -0.15) is 0 Å². The summed E-state index contributed by atoms with van der Waals surface area (Å²) in [5.74, 6) is 2.10. The number of benzene rings is 1. The minimum Gasteiger partial charge on any atom is -0.493 e. The van der Waals surface area contributed by atoms with Crippen molar-refractivity contribution in [2.75, 3.05) is 19.5 Å². The van der Waals surface area contributed by atoms with Crippen LogP contribution in [0.2, 0.25) is 0 Å². The maximum absolute atomic E-state index is 12.8. The van der Waals surface area contributed by atoms with E-state index in [9.17, 15) is 4.79 Å². The molecule has 1 amide bonds. The van der Waals surface area contributed by atoms with E-state index in [-0.39, 0.29) is 12.1 Å². The number of methoxy groups -OCH3 is 2. The van der Waals surface area contributed by atoms with Crippen LogP contribution in [0.15, 0.2) is 18.2 Å². The van der Waals surface area contributed by atoms with Gasteiger partial charge in [0.2, 0.25) is 0 Å². The lowest BCUT2D eigenvalue weighted by Crippen LogP contribution is -2.38. The molecule has 0 unspecified atom stereocenters. The lowest BCUT2D eigenvalue weighted by molar-refractivity contribution is 0.0935. The Morgan fingerprint density at radius 3 is 2.73 bits per heavy atom. The van der Waals surface area contributed by atoms with Crippen molar-refractivity contribution in [2.45, 2.75) is 38.8 Å². The van der Waals surface area contributed by atoms with E-state index < -0.39 is 0 Å². The second kappa shape index (κ2) is 6.83. The van der Waals surface area contributed by atoms with Crippen molar-refractivity contribution in [3.63, 3.8) is 0 Å². The smallest absolute Gasteiger partial charge is 0.256 e. The fraction of sp³-hybridized carbons (Fsp3) is 0.450. The van der Waals surface area contributed by atoms with Gasteiger partial charge in [0, 0.05) is 4.88 Å². The van der Waals surface area contributed by atoms with Crippen molar-refractivity contribution in [1.82, 2.24) is 5.32 Å². The van der Waals surface area contributed by atoms with Crippen LogP contribution in [0.5, 0.6) is 11.5 Å². The Morgan fingerprint density at radius 1 is 1.19 bits per heavy atom. The summed E-state index contributed by atoms with van der Waals surface area (Å²) in [5, 5.41) is 7.61. The first-order valence-electron chi connectivity index (χ1n) is 9.08. The molecular formula is C20H24N2O3S. The minimum absolute atomic E-state index is 0.0194. The van der Waals surface area contributed by atoms with Crippen LogP contribution >= 0.6 is 11.3 Å². The van der Waals surface area contributed by atoms with Crippen LogP contribution in [0.4, 0.5) is 5.00 Å². The van der Waals surface area contributed by atoms with Gasteiger partial charge >= 0.3 is 0 Å². The highest BCUT2D eigenvalue weighted by atomic mass is 32.1. The van der Waals surface area contributed by atoms with E-state index in [1.54, 1.807) is 25.6 Å². The molecule has 2 heterocycles. The Morgan fingerprint density at radius 2 is 2.00 bits per heavy atom. The molecule has 1 aromatic carbocycles. The van der Waals surface area contributed by atoms with Crippen LogP contribution in [0.1, 0.15) is 52.3 Å². The van der Waals surface area contributed by atoms with Gasteiger partial charge in [-0.15, -0.1) is 11.3 Å². The molecule has 4 rings (SSSR count). The van der Waals surface area contributed by atoms with Crippen molar-refractivity contribution in [1.29, 1.82) is 0 Å². The van der Waals surface area contributed by atoms with Gasteiger partial charge in [-0.1, -0.05) is 19.4 Å². The average Bonchev–Trinajstić information content (AvgIpc) is 3.05. The largest absolute Gasteiger partial charge is 0.493 e. The van der Waals surface area contributed by atoms with Crippen LogP contribution < -0.4 is 20.1 Å². The van der Waals surface area contributed by atoms with Crippen LogP contribution in [0.25, 0.3) is 0 Å². The number of anilines is 1. The van der Waals surface area contributed by atoms with E-state index in [1.165, 1.54) is 23.3 Å². The number of rotatable bonds is 4. The second-order valence-electron chi connectivity index (χ2n) is 6.89. The minimum atomic E-state index is -0.267. The zero-order valence-corrected chi connectivity index (χ0v) is 16.2. The lowest BCUT2D eigenvalue weighted by Gasteiger charge is -2.27. The van der Waals surface area contributed by atoms with Gasteiger partial charge in [0.25, 0.3) is 5.91 Å². The van der Waals surface area contributed by atoms with Gasteiger partial charge < -0.3 is 20.1 Å². The monoisotopic (exact) mass is 372 g/mol. The molecule has 2 atom stereocenters. The van der Waals surface area contributed by atoms with Crippen molar-refractivity contribution in [2.24, 2.45) is 5.92 Å². The molecule has 1 aromatic heterocycles. The first-order valence-corrected chi connectivity index (χ1v) is 9.90. The van der Waals surface area contributed by atoms with E-state index in [1.807, 2.05) is 18.2 Å². The number of ether oxygens (including phenoxy) is 2. The topological polar surface area (TPSA) is 59.6 Å². The summed E-state index contributed by atoms with van der Waals surface area (Å²) in [6.45, 7) is 2.25. The highest BCUT2D eigenvalue weighted by molar-refractivity contribution is 7.16. The zero-order chi connectivity index (χ0) is 18.3. The van der Waals surface area contributed by atoms with Crippen molar-refractivity contribution >= 4 is 22.2 Å². The Balaban J connectivity index is 1.65. The molecule has 1 aliphatic heterocycles. The fourth-order valence-corrected chi connectivity index (χ4v) is 5.30. The summed E-state index contributed by atoms with van der Waals surface area (Å²) in [7, 11) is 3.23. The molecular weight excluding hydrogens is 348 g/mol. The van der Waals surface area contributed by atoms with Crippen LogP contribution in [-0.2, 0) is 12.8 Å². The number of carbonyl (C=O) groups is 1. The van der Waals surface area contributed by atoms with E-state index in [0.29, 0.717) is 11.5 Å². The van der Waals surface area contributed by atoms with Gasteiger partial charge in [-0.05, 0) is 48.4 Å². The number of thiophene rings is 1. The van der Waals surface area contributed by atoms with Gasteiger partial charge in [-0.25, -0.2) is 0 Å². The number of amides is 1. The van der Waals surface area contributed by atoms with Gasteiger partial charge in [0.15, 0.2) is 11.5 Å². The van der Waals surface area contributed by atoms with Gasteiger partial charge in [-0.3, -0.25) is 4.79 Å². The van der Waals surface area contributed by atoms with E-state index in [0.717, 1.165) is 34.9 Å². The van der Waals surface area contributed by atoms with Gasteiger partial charge in [0.1, 0.15) is 11.2 Å². The van der Waals surface area contributed by atoms with E-state index >= 15 is 0 Å². The third-order valence-corrected chi connectivity index (χ3v) is 6.65. The number of nitrogens with one attached hydrogen (secondary N) is 2. The molecule has 0 radical (unpaired) electrons. The first-order chi connectivity index (χ1) is 12.6. The average molecular weight is 372 g/mol. The van der Waals surface area contributed by atoms with Crippen LogP contribution in [0, 0.1) is 5.92 Å². The van der Waals surface area contributed by atoms with E-state index in [4.69, 9.17) is 9.47 Å². The van der Waals surface area contributed by atoms with Gasteiger partial charge in [0.05, 0.1) is 19.8 Å². The molecule has 5 nitrogen and oxygen atoms in total. The third-order valence-electron chi connectivity index (χ3n) is 5.46. The summed E-state index contributed by atoms with van der Waals surface area (Å²) < 4.78 is 10.7. The maximum atomic E-state index is 12.8. The summed E-state index contributed by atoms with van der Waals surface area (Å²) in [6, 6.07) is 5.72. The highest BCUT2D eigenvalue weighted by Crippen LogP contribution is 2.43. The Labute approximate surface area is 157 Å². The van der Waals surface area contributed by atoms with Crippen LogP contribution in [0.3, 0.4) is 0 Å². The molecule has 0 spiro atoms. The Bertz CT molecular complexity index is 846. The molecule has 138 valence electrons. The Hall–Kier alpha value is -2.21.